The Bertz CT molecular complexity index is 1470. The number of hydrazine groups is 1. The molecule has 2 aromatic carbocycles. The van der Waals surface area contributed by atoms with Crippen molar-refractivity contribution in [1.29, 1.82) is 5.26 Å². The van der Waals surface area contributed by atoms with Crippen LogP contribution in [-0.2, 0) is 11.3 Å². The number of rotatable bonds is 10. The Morgan fingerprint density at radius 1 is 1.17 bits per heavy atom. The van der Waals surface area contributed by atoms with Crippen molar-refractivity contribution in [2.75, 3.05) is 63.9 Å². The number of hydrogen-bond acceptors (Lipinski definition) is 9. The van der Waals surface area contributed by atoms with Gasteiger partial charge in [-0.15, -0.1) is 0 Å². The normalized spacial score (nSPS) is 19.8. The fraction of sp³-hybridized carbons (Fsp3) is 0.500. The van der Waals surface area contributed by atoms with E-state index in [2.05, 4.69) is 49.9 Å². The molecule has 9 nitrogen and oxygen atoms in total. The molecule has 1 aromatic heterocycles. The van der Waals surface area contributed by atoms with Crippen molar-refractivity contribution in [1.82, 2.24) is 14.9 Å². The van der Waals surface area contributed by atoms with Gasteiger partial charge in [-0.2, -0.15) is 5.26 Å². The van der Waals surface area contributed by atoms with Crippen LogP contribution in [0.25, 0.3) is 10.9 Å². The summed E-state index contributed by atoms with van der Waals surface area (Å²) in [6.07, 6.45) is 7.71. The van der Waals surface area contributed by atoms with Crippen LogP contribution in [0.2, 0.25) is 0 Å². The van der Waals surface area contributed by atoms with E-state index in [0.717, 1.165) is 86.2 Å². The summed E-state index contributed by atoms with van der Waals surface area (Å²) in [7, 11) is 1.65. The fourth-order valence-corrected chi connectivity index (χ4v) is 6.29. The molecular formula is C32H38N6O3. The Morgan fingerprint density at radius 3 is 2.76 bits per heavy atom. The number of anilines is 3. The zero-order chi connectivity index (χ0) is 27.8. The second-order valence-corrected chi connectivity index (χ2v) is 12.1. The number of aromatic nitrogens is 1. The summed E-state index contributed by atoms with van der Waals surface area (Å²) < 4.78 is 17.4. The highest BCUT2D eigenvalue weighted by Gasteiger charge is 2.40. The molecular weight excluding hydrogens is 516 g/mol. The summed E-state index contributed by atoms with van der Waals surface area (Å²) in [5.41, 5.74) is 9.29. The van der Waals surface area contributed by atoms with Gasteiger partial charge in [0.15, 0.2) is 11.5 Å². The molecule has 1 spiro atoms. The summed E-state index contributed by atoms with van der Waals surface area (Å²) in [5, 5.41) is 16.5. The van der Waals surface area contributed by atoms with Crippen molar-refractivity contribution in [2.45, 2.75) is 38.6 Å². The van der Waals surface area contributed by atoms with Gasteiger partial charge in [-0.3, -0.25) is 4.98 Å². The van der Waals surface area contributed by atoms with Crippen LogP contribution in [0, 0.1) is 22.7 Å². The van der Waals surface area contributed by atoms with Gasteiger partial charge in [0, 0.05) is 48.4 Å². The number of nitriles is 1. The van der Waals surface area contributed by atoms with E-state index >= 15 is 0 Å². The lowest BCUT2D eigenvalue weighted by atomic mass is 9.77. The molecule has 41 heavy (non-hydrogen) atoms. The van der Waals surface area contributed by atoms with Crippen LogP contribution in [-0.4, -0.2) is 68.0 Å². The van der Waals surface area contributed by atoms with Crippen LogP contribution in [0.4, 0.5) is 17.1 Å². The Morgan fingerprint density at radius 2 is 2.02 bits per heavy atom. The maximum absolute atomic E-state index is 9.90. The maximum atomic E-state index is 9.90. The smallest absolute Gasteiger partial charge is 0.163 e. The van der Waals surface area contributed by atoms with Gasteiger partial charge in [-0.25, -0.2) is 5.01 Å². The van der Waals surface area contributed by atoms with E-state index in [9.17, 15) is 5.26 Å². The van der Waals surface area contributed by atoms with Crippen molar-refractivity contribution in [3.05, 3.63) is 47.7 Å². The zero-order valence-corrected chi connectivity index (χ0v) is 23.7. The van der Waals surface area contributed by atoms with Crippen molar-refractivity contribution >= 4 is 28.0 Å². The third kappa shape index (κ3) is 5.52. The molecule has 214 valence electrons. The highest BCUT2D eigenvalue weighted by atomic mass is 16.5. The lowest BCUT2D eigenvalue weighted by Crippen LogP contribution is -2.51. The number of pyridine rings is 1. The van der Waals surface area contributed by atoms with Gasteiger partial charge in [0.1, 0.15) is 6.07 Å². The van der Waals surface area contributed by atoms with E-state index in [1.165, 1.54) is 31.2 Å². The number of hydrogen-bond donors (Lipinski definition) is 2. The number of nitrogens with zero attached hydrogens (tertiary/aromatic N) is 4. The first-order chi connectivity index (χ1) is 20.1. The first-order valence-electron chi connectivity index (χ1n) is 14.9. The van der Waals surface area contributed by atoms with Crippen molar-refractivity contribution in [3.8, 4) is 17.6 Å². The zero-order valence-electron chi connectivity index (χ0n) is 23.7. The lowest BCUT2D eigenvalue weighted by molar-refractivity contribution is -0.139. The predicted molar refractivity (Wildman–Crippen MR) is 159 cm³/mol. The minimum Gasteiger partial charge on any atom is -0.493 e. The highest BCUT2D eigenvalue weighted by molar-refractivity contribution is 5.97. The summed E-state index contributed by atoms with van der Waals surface area (Å²) in [4.78, 5) is 7.12. The SMILES string of the molecule is COc1cc2c(Nc3ccc4c(c3)CN(CC3CC3)N4)c(C#N)cnc2cc1OCCCN1CCC2(CC1)COC2. The monoisotopic (exact) mass is 554 g/mol. The van der Waals surface area contributed by atoms with Crippen LogP contribution < -0.4 is 20.2 Å². The average molecular weight is 555 g/mol. The number of ether oxygens (including phenoxy) is 3. The highest BCUT2D eigenvalue weighted by Crippen LogP contribution is 2.40. The molecule has 1 aliphatic carbocycles. The molecule has 7 rings (SSSR count). The lowest BCUT2D eigenvalue weighted by Gasteiger charge is -2.47. The second kappa shape index (κ2) is 11.0. The number of methoxy groups -OCH3 is 1. The van der Waals surface area contributed by atoms with Crippen molar-refractivity contribution < 1.29 is 14.2 Å². The van der Waals surface area contributed by atoms with E-state index in [1.807, 2.05) is 12.1 Å². The van der Waals surface area contributed by atoms with Gasteiger partial charge < -0.3 is 29.9 Å². The molecule has 3 aliphatic heterocycles. The molecule has 0 unspecified atom stereocenters. The number of nitrogens with one attached hydrogen (secondary N) is 2. The van der Waals surface area contributed by atoms with Gasteiger partial charge in [0.05, 0.1) is 49.4 Å². The number of fused-ring (bicyclic) bond motifs is 2. The molecule has 4 heterocycles. The van der Waals surface area contributed by atoms with Gasteiger partial charge in [-0.05, 0) is 80.9 Å². The van der Waals surface area contributed by atoms with Crippen LogP contribution in [0.1, 0.15) is 43.2 Å². The third-order valence-corrected chi connectivity index (χ3v) is 9.07. The van der Waals surface area contributed by atoms with E-state index in [-0.39, 0.29) is 0 Å². The van der Waals surface area contributed by atoms with E-state index in [1.54, 1.807) is 13.3 Å². The molecule has 0 bridgehead atoms. The van der Waals surface area contributed by atoms with Crippen molar-refractivity contribution in [2.24, 2.45) is 11.3 Å². The minimum atomic E-state index is 0.464. The maximum Gasteiger partial charge on any atom is 0.163 e. The van der Waals surface area contributed by atoms with Crippen LogP contribution in [0.5, 0.6) is 11.5 Å². The van der Waals surface area contributed by atoms with E-state index in [0.29, 0.717) is 29.1 Å². The topological polar surface area (TPSA) is 94.9 Å². The van der Waals surface area contributed by atoms with Gasteiger partial charge in [0.2, 0.25) is 0 Å². The fourth-order valence-electron chi connectivity index (χ4n) is 6.29. The van der Waals surface area contributed by atoms with Crippen LogP contribution in [0.15, 0.2) is 36.5 Å². The Balaban J connectivity index is 1.04. The standard InChI is InChI=1S/C32H38N6O3/c1-39-29-14-26-28(15-30(29)41-12-2-9-37-10-7-32(8-11-37)20-40-21-32)34-17-24(16-33)31(26)35-25-5-6-27-23(13-25)19-38(36-27)18-22-3-4-22/h5-6,13-15,17,22,36H,2-4,7-12,18-21H2,1H3,(H,34,35). The molecule has 0 amide bonds. The van der Waals surface area contributed by atoms with Crippen LogP contribution in [0.3, 0.4) is 0 Å². The Hall–Kier alpha value is -3.58. The number of likely N-dealkylation sites (tertiary alicyclic amines) is 1. The van der Waals surface area contributed by atoms with Crippen LogP contribution >= 0.6 is 0 Å². The average Bonchev–Trinajstić information content (AvgIpc) is 3.70. The summed E-state index contributed by atoms with van der Waals surface area (Å²) in [5.74, 6) is 2.13. The molecule has 0 radical (unpaired) electrons. The van der Waals surface area contributed by atoms with E-state index < -0.39 is 0 Å². The van der Waals surface area contributed by atoms with Gasteiger partial charge >= 0.3 is 0 Å². The molecule has 9 heteroatoms. The largest absolute Gasteiger partial charge is 0.493 e. The van der Waals surface area contributed by atoms with Crippen molar-refractivity contribution in [3.63, 3.8) is 0 Å². The predicted octanol–water partition coefficient (Wildman–Crippen LogP) is 5.29. The Labute approximate surface area is 241 Å². The summed E-state index contributed by atoms with van der Waals surface area (Å²) in [6, 6.07) is 12.5. The Kier molecular flexibility index (Phi) is 7.07. The minimum absolute atomic E-state index is 0.464. The summed E-state index contributed by atoms with van der Waals surface area (Å²) >= 11 is 0. The number of benzene rings is 2. The molecule has 0 atom stereocenters. The molecule has 4 aliphatic rings. The summed E-state index contributed by atoms with van der Waals surface area (Å²) in [6.45, 7) is 7.77. The van der Waals surface area contributed by atoms with Gasteiger partial charge in [-0.1, -0.05) is 0 Å². The molecule has 2 saturated heterocycles. The first-order valence-corrected chi connectivity index (χ1v) is 14.9. The molecule has 3 aromatic rings. The number of piperidine rings is 1. The molecule has 3 fully saturated rings. The van der Waals surface area contributed by atoms with Gasteiger partial charge in [0.25, 0.3) is 0 Å². The molecule has 1 saturated carbocycles. The second-order valence-electron chi connectivity index (χ2n) is 12.1. The molecule has 2 N–H and O–H groups in total. The quantitative estimate of drug-likeness (QED) is 0.324. The van der Waals surface area contributed by atoms with E-state index in [4.69, 9.17) is 14.2 Å². The third-order valence-electron chi connectivity index (χ3n) is 9.07. The first kappa shape index (κ1) is 26.3.